The third-order valence-electron chi connectivity index (χ3n) is 2.18. The first-order valence-electron chi connectivity index (χ1n) is 5.44. The van der Waals surface area contributed by atoms with Crippen LogP contribution in [0.15, 0.2) is 59.5 Å². The van der Waals surface area contributed by atoms with E-state index in [1.54, 1.807) is 30.0 Å². The SMILES string of the molecule is Oc1cccc(OCCSc2ccccc2)c1. The zero-order chi connectivity index (χ0) is 11.9. The fraction of sp³-hybridized carbons (Fsp3) is 0.143. The number of phenols is 1. The zero-order valence-electron chi connectivity index (χ0n) is 9.37. The molecule has 0 aliphatic rings. The Kier molecular flexibility index (Phi) is 4.33. The average Bonchev–Trinajstić information content (AvgIpc) is 2.36. The maximum Gasteiger partial charge on any atom is 0.123 e. The minimum atomic E-state index is 0.234. The number of thioether (sulfide) groups is 1. The molecule has 0 aliphatic heterocycles. The second-order valence-electron chi connectivity index (χ2n) is 3.51. The van der Waals surface area contributed by atoms with Gasteiger partial charge in [0.05, 0.1) is 6.61 Å². The Hall–Kier alpha value is -1.61. The minimum Gasteiger partial charge on any atom is -0.508 e. The van der Waals surface area contributed by atoms with Crippen molar-refractivity contribution in [1.82, 2.24) is 0 Å². The normalized spacial score (nSPS) is 10.1. The van der Waals surface area contributed by atoms with E-state index in [4.69, 9.17) is 4.74 Å². The van der Waals surface area contributed by atoms with Gasteiger partial charge in [0.25, 0.3) is 0 Å². The van der Waals surface area contributed by atoms with Crippen LogP contribution in [0, 0.1) is 0 Å². The molecule has 17 heavy (non-hydrogen) atoms. The molecule has 0 saturated carbocycles. The summed E-state index contributed by atoms with van der Waals surface area (Å²) in [5, 5.41) is 9.26. The van der Waals surface area contributed by atoms with Crippen LogP contribution in [0.4, 0.5) is 0 Å². The molecule has 0 unspecified atom stereocenters. The number of rotatable bonds is 5. The molecule has 0 spiro atoms. The first-order chi connectivity index (χ1) is 8.34. The molecule has 0 radical (unpaired) electrons. The molecule has 2 aromatic rings. The van der Waals surface area contributed by atoms with Crippen molar-refractivity contribution in [3.05, 3.63) is 54.6 Å². The van der Waals surface area contributed by atoms with Crippen LogP contribution >= 0.6 is 11.8 Å². The van der Waals surface area contributed by atoms with Crippen molar-refractivity contribution in [3.63, 3.8) is 0 Å². The fourth-order valence-electron chi connectivity index (χ4n) is 1.41. The Bertz CT molecular complexity index is 457. The summed E-state index contributed by atoms with van der Waals surface area (Å²) in [6.07, 6.45) is 0. The number of ether oxygens (including phenoxy) is 1. The van der Waals surface area contributed by atoms with Gasteiger partial charge >= 0.3 is 0 Å². The van der Waals surface area contributed by atoms with Crippen LogP contribution in [-0.2, 0) is 0 Å². The minimum absolute atomic E-state index is 0.234. The summed E-state index contributed by atoms with van der Waals surface area (Å²) in [4.78, 5) is 1.24. The molecule has 0 fully saturated rings. The van der Waals surface area contributed by atoms with E-state index >= 15 is 0 Å². The Morgan fingerprint density at radius 1 is 1.00 bits per heavy atom. The molecule has 0 aromatic heterocycles. The molecule has 0 saturated heterocycles. The molecule has 1 N–H and O–H groups in total. The largest absolute Gasteiger partial charge is 0.508 e. The number of phenolic OH excluding ortho intramolecular Hbond substituents is 1. The van der Waals surface area contributed by atoms with Gasteiger partial charge in [-0.3, -0.25) is 0 Å². The quantitative estimate of drug-likeness (QED) is 0.646. The van der Waals surface area contributed by atoms with E-state index in [-0.39, 0.29) is 5.75 Å². The van der Waals surface area contributed by atoms with Crippen LogP contribution < -0.4 is 4.74 Å². The van der Waals surface area contributed by atoms with E-state index in [0.717, 1.165) is 5.75 Å². The van der Waals surface area contributed by atoms with Gasteiger partial charge in [0.15, 0.2) is 0 Å². The predicted octanol–water partition coefficient (Wildman–Crippen LogP) is 3.56. The van der Waals surface area contributed by atoms with Crippen LogP contribution in [0.1, 0.15) is 0 Å². The lowest BCUT2D eigenvalue weighted by Crippen LogP contribution is -1.99. The van der Waals surface area contributed by atoms with Crippen molar-refractivity contribution in [2.24, 2.45) is 0 Å². The van der Waals surface area contributed by atoms with Gasteiger partial charge in [0.2, 0.25) is 0 Å². The van der Waals surface area contributed by atoms with Crippen molar-refractivity contribution in [2.45, 2.75) is 4.90 Å². The van der Waals surface area contributed by atoms with Crippen LogP contribution in [0.3, 0.4) is 0 Å². The van der Waals surface area contributed by atoms with Gasteiger partial charge in [-0.1, -0.05) is 24.3 Å². The Balaban J connectivity index is 1.73. The third-order valence-corrected chi connectivity index (χ3v) is 3.16. The van der Waals surface area contributed by atoms with E-state index in [1.807, 2.05) is 24.3 Å². The second kappa shape index (κ2) is 6.21. The van der Waals surface area contributed by atoms with Crippen LogP contribution in [0.25, 0.3) is 0 Å². The highest BCUT2D eigenvalue weighted by Crippen LogP contribution is 2.19. The zero-order valence-corrected chi connectivity index (χ0v) is 10.2. The summed E-state index contributed by atoms with van der Waals surface area (Å²) >= 11 is 1.76. The van der Waals surface area contributed by atoms with E-state index < -0.39 is 0 Å². The fourth-order valence-corrected chi connectivity index (χ4v) is 2.16. The first kappa shape index (κ1) is 11.9. The highest BCUT2D eigenvalue weighted by molar-refractivity contribution is 7.99. The maximum absolute atomic E-state index is 9.26. The predicted molar refractivity (Wildman–Crippen MR) is 70.8 cm³/mol. The second-order valence-corrected chi connectivity index (χ2v) is 4.68. The Labute approximate surface area is 105 Å². The average molecular weight is 246 g/mol. The standard InChI is InChI=1S/C14H14O2S/c15-12-5-4-6-13(11-12)16-9-10-17-14-7-2-1-3-8-14/h1-8,11,15H,9-10H2. The lowest BCUT2D eigenvalue weighted by Gasteiger charge is -2.06. The van der Waals surface area contributed by atoms with Gasteiger partial charge in [-0.05, 0) is 24.3 Å². The van der Waals surface area contributed by atoms with Crippen molar-refractivity contribution in [1.29, 1.82) is 0 Å². The van der Waals surface area contributed by atoms with Gasteiger partial charge in [0.1, 0.15) is 11.5 Å². The lowest BCUT2D eigenvalue weighted by molar-refractivity contribution is 0.341. The van der Waals surface area contributed by atoms with E-state index in [9.17, 15) is 5.11 Å². The molecular formula is C14H14O2S. The van der Waals surface area contributed by atoms with E-state index in [2.05, 4.69) is 12.1 Å². The summed E-state index contributed by atoms with van der Waals surface area (Å²) in [6.45, 7) is 0.628. The van der Waals surface area contributed by atoms with Gasteiger partial charge in [-0.25, -0.2) is 0 Å². The van der Waals surface area contributed by atoms with Crippen molar-refractivity contribution < 1.29 is 9.84 Å². The van der Waals surface area contributed by atoms with Crippen molar-refractivity contribution in [3.8, 4) is 11.5 Å². The highest BCUT2D eigenvalue weighted by atomic mass is 32.2. The van der Waals surface area contributed by atoms with Gasteiger partial charge in [0, 0.05) is 16.7 Å². The van der Waals surface area contributed by atoms with Gasteiger partial charge in [-0.15, -0.1) is 11.8 Å². The molecule has 2 rings (SSSR count). The van der Waals surface area contributed by atoms with Crippen LogP contribution in [-0.4, -0.2) is 17.5 Å². The molecule has 0 heterocycles. The van der Waals surface area contributed by atoms with Gasteiger partial charge < -0.3 is 9.84 Å². The molecule has 0 amide bonds. The number of benzene rings is 2. The van der Waals surface area contributed by atoms with E-state index in [0.29, 0.717) is 12.4 Å². The summed E-state index contributed by atoms with van der Waals surface area (Å²) in [5.74, 6) is 1.83. The maximum atomic E-state index is 9.26. The molecule has 2 aromatic carbocycles. The first-order valence-corrected chi connectivity index (χ1v) is 6.43. The van der Waals surface area contributed by atoms with Crippen molar-refractivity contribution in [2.75, 3.05) is 12.4 Å². The molecule has 0 bridgehead atoms. The van der Waals surface area contributed by atoms with Crippen molar-refractivity contribution >= 4 is 11.8 Å². The summed E-state index contributed by atoms with van der Waals surface area (Å²) in [7, 11) is 0. The molecule has 0 aliphatic carbocycles. The van der Waals surface area contributed by atoms with E-state index in [1.165, 1.54) is 4.90 Å². The Morgan fingerprint density at radius 3 is 2.59 bits per heavy atom. The van der Waals surface area contributed by atoms with Gasteiger partial charge in [-0.2, -0.15) is 0 Å². The Morgan fingerprint density at radius 2 is 1.82 bits per heavy atom. The summed E-state index contributed by atoms with van der Waals surface area (Å²) in [6, 6.07) is 17.1. The number of aromatic hydroxyl groups is 1. The third kappa shape index (κ3) is 4.04. The topological polar surface area (TPSA) is 29.5 Å². The summed E-state index contributed by atoms with van der Waals surface area (Å²) in [5.41, 5.74) is 0. The molecular weight excluding hydrogens is 232 g/mol. The van der Waals surface area contributed by atoms with Crippen LogP contribution in [0.5, 0.6) is 11.5 Å². The number of hydrogen-bond donors (Lipinski definition) is 1. The molecule has 2 nitrogen and oxygen atoms in total. The molecule has 3 heteroatoms. The molecule has 88 valence electrons. The molecule has 0 atom stereocenters. The summed E-state index contributed by atoms with van der Waals surface area (Å²) < 4.78 is 5.53. The monoisotopic (exact) mass is 246 g/mol. The number of hydrogen-bond acceptors (Lipinski definition) is 3. The van der Waals surface area contributed by atoms with Crippen LogP contribution in [0.2, 0.25) is 0 Å². The lowest BCUT2D eigenvalue weighted by atomic mass is 10.3. The smallest absolute Gasteiger partial charge is 0.123 e. The highest BCUT2D eigenvalue weighted by Gasteiger charge is 1.96.